The fourth-order valence-electron chi connectivity index (χ4n) is 1.02. The lowest BCUT2D eigenvalue weighted by molar-refractivity contribution is 0.0796. The van der Waals surface area contributed by atoms with Crippen LogP contribution in [-0.2, 0) is 6.54 Å². The van der Waals surface area contributed by atoms with Crippen molar-refractivity contribution in [1.29, 1.82) is 5.26 Å². The van der Waals surface area contributed by atoms with Crippen molar-refractivity contribution in [3.8, 4) is 6.07 Å². The van der Waals surface area contributed by atoms with Gasteiger partial charge in [0.05, 0.1) is 5.60 Å². The Morgan fingerprint density at radius 3 is 2.79 bits per heavy atom. The monoisotopic (exact) mass is 210 g/mol. The number of hydrogen-bond donors (Lipinski definition) is 2. The van der Waals surface area contributed by atoms with Gasteiger partial charge in [0.25, 0.3) is 0 Å². The smallest absolute Gasteiger partial charge is 0.110 e. The summed E-state index contributed by atoms with van der Waals surface area (Å²) in [5.74, 6) is 0. The molecule has 0 unspecified atom stereocenters. The number of hydrogen-bond acceptors (Lipinski definition) is 4. The first kappa shape index (κ1) is 11.2. The second kappa shape index (κ2) is 4.56. The highest BCUT2D eigenvalue weighted by atomic mass is 32.1. The summed E-state index contributed by atoms with van der Waals surface area (Å²) in [5, 5.41) is 21.2. The summed E-state index contributed by atoms with van der Waals surface area (Å²) in [5.41, 5.74) is -0.685. The van der Waals surface area contributed by atoms with E-state index in [0.29, 0.717) is 13.1 Å². The van der Waals surface area contributed by atoms with Crippen LogP contribution in [0.5, 0.6) is 0 Å². The van der Waals surface area contributed by atoms with Gasteiger partial charge >= 0.3 is 0 Å². The fourth-order valence-corrected chi connectivity index (χ4v) is 1.80. The van der Waals surface area contributed by atoms with Gasteiger partial charge in [-0.15, -0.1) is 11.3 Å². The van der Waals surface area contributed by atoms with Gasteiger partial charge < -0.3 is 10.4 Å². The van der Waals surface area contributed by atoms with Gasteiger partial charge in [0.1, 0.15) is 10.9 Å². The van der Waals surface area contributed by atoms with Gasteiger partial charge in [-0.05, 0) is 26.0 Å². The lowest BCUT2D eigenvalue weighted by atomic mass is 10.1. The molecule has 0 saturated heterocycles. The van der Waals surface area contributed by atoms with Crippen LogP contribution in [0.3, 0.4) is 0 Å². The fraction of sp³-hybridized carbons (Fsp3) is 0.500. The van der Waals surface area contributed by atoms with E-state index in [1.165, 1.54) is 11.3 Å². The quantitative estimate of drug-likeness (QED) is 0.791. The molecule has 3 nitrogen and oxygen atoms in total. The van der Waals surface area contributed by atoms with E-state index >= 15 is 0 Å². The van der Waals surface area contributed by atoms with E-state index in [9.17, 15) is 5.11 Å². The molecule has 0 atom stereocenters. The first-order valence-electron chi connectivity index (χ1n) is 4.43. The molecule has 4 heteroatoms. The molecule has 2 N–H and O–H groups in total. The zero-order chi connectivity index (χ0) is 10.6. The molecule has 0 aliphatic heterocycles. The zero-order valence-electron chi connectivity index (χ0n) is 8.37. The van der Waals surface area contributed by atoms with Crippen LogP contribution in [0.2, 0.25) is 0 Å². The van der Waals surface area contributed by atoms with Crippen molar-refractivity contribution in [1.82, 2.24) is 5.32 Å². The van der Waals surface area contributed by atoms with E-state index in [-0.39, 0.29) is 0 Å². The second-order valence-electron chi connectivity index (χ2n) is 3.79. The molecule has 0 bridgehead atoms. The summed E-state index contributed by atoms with van der Waals surface area (Å²) in [4.78, 5) is 1.84. The third-order valence-electron chi connectivity index (χ3n) is 1.63. The summed E-state index contributed by atoms with van der Waals surface area (Å²) in [6, 6.07) is 5.84. The third kappa shape index (κ3) is 3.88. The van der Waals surface area contributed by atoms with Crippen LogP contribution in [0.1, 0.15) is 23.6 Å². The average molecular weight is 210 g/mol. The Bertz CT molecular complexity index is 333. The first-order valence-corrected chi connectivity index (χ1v) is 5.25. The summed E-state index contributed by atoms with van der Waals surface area (Å²) in [7, 11) is 0. The summed E-state index contributed by atoms with van der Waals surface area (Å²) < 4.78 is 0. The molecule has 0 saturated carbocycles. The number of nitrogens with zero attached hydrogens (tertiary/aromatic N) is 1. The number of thiophene rings is 1. The van der Waals surface area contributed by atoms with E-state index in [1.54, 1.807) is 13.8 Å². The number of nitrogens with one attached hydrogen (secondary N) is 1. The molecular formula is C10H14N2OS. The molecule has 0 aliphatic rings. The normalized spacial score (nSPS) is 11.3. The maximum atomic E-state index is 9.44. The van der Waals surface area contributed by atoms with Gasteiger partial charge in [0.2, 0.25) is 0 Å². The lowest BCUT2D eigenvalue weighted by Gasteiger charge is -2.17. The zero-order valence-corrected chi connectivity index (χ0v) is 9.19. The minimum atomic E-state index is -0.685. The van der Waals surface area contributed by atoms with E-state index in [2.05, 4.69) is 11.4 Å². The van der Waals surface area contributed by atoms with Gasteiger partial charge in [-0.25, -0.2) is 0 Å². The molecule has 0 amide bonds. The largest absolute Gasteiger partial charge is 0.389 e. The van der Waals surface area contributed by atoms with Crippen molar-refractivity contribution >= 4 is 11.3 Å². The highest BCUT2D eigenvalue weighted by Gasteiger charge is 2.11. The number of nitriles is 1. The van der Waals surface area contributed by atoms with E-state index in [1.807, 2.05) is 12.1 Å². The van der Waals surface area contributed by atoms with Crippen molar-refractivity contribution < 1.29 is 5.11 Å². The van der Waals surface area contributed by atoms with Crippen molar-refractivity contribution in [2.75, 3.05) is 6.54 Å². The maximum absolute atomic E-state index is 9.44. The topological polar surface area (TPSA) is 56.0 Å². The molecule has 1 aromatic rings. The Morgan fingerprint density at radius 2 is 2.29 bits per heavy atom. The van der Waals surface area contributed by atoms with Crippen molar-refractivity contribution in [3.63, 3.8) is 0 Å². The SMILES string of the molecule is CC(C)(O)CNCc1ccc(C#N)s1. The van der Waals surface area contributed by atoms with Crippen LogP contribution >= 0.6 is 11.3 Å². The predicted octanol–water partition coefficient (Wildman–Crippen LogP) is 1.48. The molecule has 0 aliphatic carbocycles. The van der Waals surface area contributed by atoms with Crippen molar-refractivity contribution in [2.45, 2.75) is 26.0 Å². The Hall–Kier alpha value is -0.890. The van der Waals surface area contributed by atoms with Crippen LogP contribution < -0.4 is 5.32 Å². The van der Waals surface area contributed by atoms with E-state index in [0.717, 1.165) is 9.75 Å². The van der Waals surface area contributed by atoms with E-state index in [4.69, 9.17) is 5.26 Å². The lowest BCUT2D eigenvalue weighted by Crippen LogP contribution is -2.34. The van der Waals surface area contributed by atoms with Crippen LogP contribution in [-0.4, -0.2) is 17.3 Å². The molecule has 1 heterocycles. The predicted molar refractivity (Wildman–Crippen MR) is 57.0 cm³/mol. The summed E-state index contributed by atoms with van der Waals surface area (Å²) >= 11 is 1.48. The van der Waals surface area contributed by atoms with Gasteiger partial charge in [-0.3, -0.25) is 0 Å². The summed E-state index contributed by atoms with van der Waals surface area (Å²) in [6.45, 7) is 4.77. The minimum Gasteiger partial charge on any atom is -0.389 e. The highest BCUT2D eigenvalue weighted by Crippen LogP contribution is 2.14. The second-order valence-corrected chi connectivity index (χ2v) is 4.96. The van der Waals surface area contributed by atoms with Gasteiger partial charge in [0.15, 0.2) is 0 Å². The Kier molecular flexibility index (Phi) is 3.64. The molecule has 0 aromatic carbocycles. The van der Waals surface area contributed by atoms with Crippen LogP contribution in [0.15, 0.2) is 12.1 Å². The van der Waals surface area contributed by atoms with Crippen LogP contribution in [0.25, 0.3) is 0 Å². The molecule has 1 rings (SSSR count). The minimum absolute atomic E-state index is 0.548. The summed E-state index contributed by atoms with van der Waals surface area (Å²) in [6.07, 6.45) is 0. The van der Waals surface area contributed by atoms with Crippen molar-refractivity contribution in [2.24, 2.45) is 0 Å². The van der Waals surface area contributed by atoms with Crippen molar-refractivity contribution in [3.05, 3.63) is 21.9 Å². The molecule has 1 aromatic heterocycles. The molecule has 14 heavy (non-hydrogen) atoms. The molecule has 0 spiro atoms. The molecule has 76 valence electrons. The molecular weight excluding hydrogens is 196 g/mol. The maximum Gasteiger partial charge on any atom is 0.110 e. The Labute approximate surface area is 88.0 Å². The molecule has 0 radical (unpaired) electrons. The average Bonchev–Trinajstić information content (AvgIpc) is 2.50. The van der Waals surface area contributed by atoms with Gasteiger partial charge in [-0.1, -0.05) is 0 Å². The van der Waals surface area contributed by atoms with Gasteiger partial charge in [-0.2, -0.15) is 5.26 Å². The Morgan fingerprint density at radius 1 is 1.57 bits per heavy atom. The van der Waals surface area contributed by atoms with Crippen LogP contribution in [0.4, 0.5) is 0 Å². The van der Waals surface area contributed by atoms with E-state index < -0.39 is 5.60 Å². The first-order chi connectivity index (χ1) is 6.51. The van der Waals surface area contributed by atoms with Gasteiger partial charge in [0, 0.05) is 18.0 Å². The third-order valence-corrected chi connectivity index (χ3v) is 2.62. The standard InChI is InChI=1S/C10H14N2OS/c1-10(2,13)7-12-6-9-4-3-8(5-11)14-9/h3-4,12-13H,6-7H2,1-2H3. The highest BCUT2D eigenvalue weighted by molar-refractivity contribution is 7.12. The number of aliphatic hydroxyl groups is 1. The number of rotatable bonds is 4. The molecule has 0 fully saturated rings. The van der Waals surface area contributed by atoms with Crippen LogP contribution in [0, 0.1) is 11.3 Å². The Balaban J connectivity index is 2.36.